The van der Waals surface area contributed by atoms with E-state index in [1.807, 2.05) is 0 Å². The molecule has 2 aromatic rings. The Kier molecular flexibility index (Phi) is 5.00. The number of carbonyl (C=O) groups excluding carboxylic acids is 1. The van der Waals surface area contributed by atoms with Crippen molar-refractivity contribution in [2.45, 2.75) is 13.5 Å². The van der Waals surface area contributed by atoms with E-state index in [9.17, 15) is 9.18 Å². The van der Waals surface area contributed by atoms with Crippen LogP contribution in [0.2, 0.25) is 0 Å². The number of rotatable bonds is 4. The topological polar surface area (TPSA) is 67.4 Å². The van der Waals surface area contributed by atoms with Gasteiger partial charge in [-0.15, -0.1) is 0 Å². The first-order chi connectivity index (χ1) is 11.6. The smallest absolute Gasteiger partial charge is 0.270 e. The summed E-state index contributed by atoms with van der Waals surface area (Å²) in [6.07, 6.45) is 0. The molecule has 1 aromatic carbocycles. The van der Waals surface area contributed by atoms with E-state index in [4.69, 9.17) is 4.74 Å². The molecule has 0 atom stereocenters. The first-order valence-electron chi connectivity index (χ1n) is 7.83. The van der Waals surface area contributed by atoms with Crippen molar-refractivity contribution in [2.24, 2.45) is 0 Å². The number of aromatic nitrogens is 2. The third-order valence-corrected chi connectivity index (χ3v) is 3.76. The van der Waals surface area contributed by atoms with Crippen molar-refractivity contribution >= 4 is 11.7 Å². The number of morpholine rings is 1. The fourth-order valence-corrected chi connectivity index (χ4v) is 2.50. The quantitative estimate of drug-likeness (QED) is 0.924. The van der Waals surface area contributed by atoms with Gasteiger partial charge in [0.2, 0.25) is 0 Å². The molecule has 6 nitrogen and oxygen atoms in total. The van der Waals surface area contributed by atoms with E-state index in [2.05, 4.69) is 20.2 Å². The number of hydrogen-bond donors (Lipinski definition) is 1. The molecule has 0 saturated carbocycles. The molecule has 0 spiro atoms. The summed E-state index contributed by atoms with van der Waals surface area (Å²) < 4.78 is 18.2. The Balaban J connectivity index is 1.69. The first-order valence-corrected chi connectivity index (χ1v) is 7.83. The second kappa shape index (κ2) is 7.35. The van der Waals surface area contributed by atoms with Gasteiger partial charge in [0.1, 0.15) is 23.2 Å². The van der Waals surface area contributed by atoms with E-state index >= 15 is 0 Å². The van der Waals surface area contributed by atoms with Crippen molar-refractivity contribution in [1.82, 2.24) is 15.3 Å². The maximum atomic E-state index is 12.9. The molecule has 0 radical (unpaired) electrons. The van der Waals surface area contributed by atoms with Crippen LogP contribution in [0.4, 0.5) is 10.2 Å². The Hall–Kier alpha value is -2.54. The lowest BCUT2D eigenvalue weighted by Crippen LogP contribution is -2.37. The summed E-state index contributed by atoms with van der Waals surface area (Å²) in [5.41, 5.74) is 1.15. The highest BCUT2D eigenvalue weighted by Crippen LogP contribution is 2.14. The van der Waals surface area contributed by atoms with Crippen LogP contribution in [-0.2, 0) is 11.3 Å². The van der Waals surface area contributed by atoms with Crippen LogP contribution in [0.3, 0.4) is 0 Å². The summed E-state index contributed by atoms with van der Waals surface area (Å²) >= 11 is 0. The average Bonchev–Trinajstić information content (AvgIpc) is 2.61. The van der Waals surface area contributed by atoms with Crippen molar-refractivity contribution in [3.8, 4) is 0 Å². The van der Waals surface area contributed by atoms with Crippen LogP contribution in [0.5, 0.6) is 0 Å². The van der Waals surface area contributed by atoms with Gasteiger partial charge in [0.25, 0.3) is 5.91 Å². The fraction of sp³-hybridized carbons (Fsp3) is 0.353. The van der Waals surface area contributed by atoms with E-state index in [1.165, 1.54) is 12.1 Å². The molecule has 1 fully saturated rings. The molecule has 1 N–H and O–H groups in total. The Morgan fingerprint density at radius 1 is 1.25 bits per heavy atom. The van der Waals surface area contributed by atoms with E-state index in [1.54, 1.807) is 25.1 Å². The molecule has 1 amide bonds. The van der Waals surface area contributed by atoms with Crippen LogP contribution in [-0.4, -0.2) is 42.2 Å². The minimum absolute atomic E-state index is 0.278. The first kappa shape index (κ1) is 16.3. The highest BCUT2D eigenvalue weighted by Gasteiger charge is 2.16. The van der Waals surface area contributed by atoms with Crippen LogP contribution in [0, 0.1) is 12.7 Å². The number of ether oxygens (including phenoxy) is 1. The number of amides is 1. The number of benzene rings is 1. The number of carbonyl (C=O) groups is 1. The van der Waals surface area contributed by atoms with Gasteiger partial charge in [0.05, 0.1) is 13.2 Å². The summed E-state index contributed by atoms with van der Waals surface area (Å²) in [5.74, 6) is 0.703. The fourth-order valence-electron chi connectivity index (χ4n) is 2.50. The van der Waals surface area contributed by atoms with Crippen LogP contribution < -0.4 is 10.2 Å². The molecule has 0 unspecified atom stereocenters. The summed E-state index contributed by atoms with van der Waals surface area (Å²) in [7, 11) is 0. The Morgan fingerprint density at radius 3 is 2.67 bits per heavy atom. The Labute approximate surface area is 139 Å². The molecule has 1 aliphatic rings. The van der Waals surface area contributed by atoms with Gasteiger partial charge in [0.15, 0.2) is 0 Å². The maximum Gasteiger partial charge on any atom is 0.270 e. The third kappa shape index (κ3) is 4.05. The number of halogens is 1. The van der Waals surface area contributed by atoms with Crippen molar-refractivity contribution in [3.63, 3.8) is 0 Å². The Bertz CT molecular complexity index is 715. The number of anilines is 1. The monoisotopic (exact) mass is 330 g/mol. The summed E-state index contributed by atoms with van der Waals surface area (Å²) in [6.45, 7) is 4.86. The second-order valence-electron chi connectivity index (χ2n) is 5.57. The molecule has 2 heterocycles. The van der Waals surface area contributed by atoms with Crippen molar-refractivity contribution in [1.29, 1.82) is 0 Å². The van der Waals surface area contributed by atoms with E-state index in [-0.39, 0.29) is 11.7 Å². The molecule has 1 aromatic heterocycles. The van der Waals surface area contributed by atoms with Crippen LogP contribution in [0.1, 0.15) is 21.9 Å². The lowest BCUT2D eigenvalue weighted by Gasteiger charge is -2.28. The van der Waals surface area contributed by atoms with Gasteiger partial charge in [-0.1, -0.05) is 12.1 Å². The number of hydrogen-bond acceptors (Lipinski definition) is 5. The molecule has 1 aliphatic heterocycles. The zero-order valence-electron chi connectivity index (χ0n) is 13.5. The van der Waals surface area contributed by atoms with Crippen molar-refractivity contribution in [2.75, 3.05) is 31.2 Å². The van der Waals surface area contributed by atoms with Gasteiger partial charge in [-0.3, -0.25) is 4.79 Å². The zero-order chi connectivity index (χ0) is 16.9. The van der Waals surface area contributed by atoms with Crippen LogP contribution in [0.25, 0.3) is 0 Å². The molecule has 1 saturated heterocycles. The molecule has 0 aliphatic carbocycles. The number of aryl methyl sites for hydroxylation is 1. The molecule has 7 heteroatoms. The lowest BCUT2D eigenvalue weighted by atomic mass is 10.2. The largest absolute Gasteiger partial charge is 0.378 e. The van der Waals surface area contributed by atoms with Crippen molar-refractivity contribution in [3.05, 3.63) is 53.2 Å². The third-order valence-electron chi connectivity index (χ3n) is 3.76. The minimum Gasteiger partial charge on any atom is -0.378 e. The van der Waals surface area contributed by atoms with Crippen LogP contribution in [0.15, 0.2) is 30.3 Å². The van der Waals surface area contributed by atoms with Gasteiger partial charge >= 0.3 is 0 Å². The Morgan fingerprint density at radius 2 is 1.96 bits per heavy atom. The number of nitrogens with one attached hydrogen (secondary N) is 1. The minimum atomic E-state index is -0.299. The second-order valence-corrected chi connectivity index (χ2v) is 5.57. The molecule has 3 rings (SSSR count). The molecule has 0 bridgehead atoms. The van der Waals surface area contributed by atoms with Gasteiger partial charge in [-0.2, -0.15) is 0 Å². The van der Waals surface area contributed by atoms with Crippen molar-refractivity contribution < 1.29 is 13.9 Å². The highest BCUT2D eigenvalue weighted by atomic mass is 19.1. The lowest BCUT2D eigenvalue weighted by molar-refractivity contribution is 0.0945. The predicted molar refractivity (Wildman–Crippen MR) is 87.4 cm³/mol. The number of nitrogens with zero attached hydrogens (tertiary/aromatic N) is 3. The van der Waals surface area contributed by atoms with Gasteiger partial charge in [-0.05, 0) is 24.6 Å². The van der Waals surface area contributed by atoms with Gasteiger partial charge in [0, 0.05) is 25.7 Å². The van der Waals surface area contributed by atoms with Gasteiger partial charge in [-0.25, -0.2) is 14.4 Å². The SMILES string of the molecule is Cc1nc(C(=O)NCc2ccc(F)cc2)cc(N2CCOCC2)n1. The summed E-state index contributed by atoms with van der Waals surface area (Å²) in [6, 6.07) is 7.71. The average molecular weight is 330 g/mol. The normalized spacial score (nSPS) is 14.5. The molecular weight excluding hydrogens is 311 g/mol. The van der Waals surface area contributed by atoms with E-state index < -0.39 is 0 Å². The summed E-state index contributed by atoms with van der Waals surface area (Å²) in [5, 5.41) is 2.80. The standard InChI is InChI=1S/C17H19FN4O2/c1-12-20-15(10-16(21-12)22-6-8-24-9-7-22)17(23)19-11-13-2-4-14(18)5-3-13/h2-5,10H,6-9,11H2,1H3,(H,19,23). The molecular formula is C17H19FN4O2. The maximum absolute atomic E-state index is 12.9. The van der Waals surface area contributed by atoms with Crippen LogP contribution >= 0.6 is 0 Å². The zero-order valence-corrected chi connectivity index (χ0v) is 13.5. The van der Waals surface area contributed by atoms with Gasteiger partial charge < -0.3 is 15.0 Å². The predicted octanol–water partition coefficient (Wildman–Crippen LogP) is 1.69. The van der Waals surface area contributed by atoms with E-state index in [0.29, 0.717) is 31.3 Å². The highest BCUT2D eigenvalue weighted by molar-refractivity contribution is 5.92. The molecule has 126 valence electrons. The molecule has 24 heavy (non-hydrogen) atoms. The van der Waals surface area contributed by atoms with E-state index in [0.717, 1.165) is 24.5 Å². The summed E-state index contributed by atoms with van der Waals surface area (Å²) in [4.78, 5) is 23.1.